The summed E-state index contributed by atoms with van der Waals surface area (Å²) in [5, 5.41) is 2.78. The van der Waals surface area contributed by atoms with Crippen LogP contribution >= 0.6 is 0 Å². The van der Waals surface area contributed by atoms with E-state index in [1.165, 1.54) is 0 Å². The van der Waals surface area contributed by atoms with Crippen molar-refractivity contribution >= 4 is 11.8 Å². The fraction of sp³-hybridized carbons (Fsp3) is 0.500. The minimum Gasteiger partial charge on any atom is -0.340 e. The molecule has 2 heterocycles. The van der Waals surface area contributed by atoms with Crippen LogP contribution in [0.5, 0.6) is 0 Å². The lowest BCUT2D eigenvalue weighted by Gasteiger charge is -2.39. The second-order valence-electron chi connectivity index (χ2n) is 5.07. The summed E-state index contributed by atoms with van der Waals surface area (Å²) in [6, 6.07) is 3.84. The standard InChI is InChI=1S/C14H19N3O2/c1-3-14(2)13(19)17(10-12(18)16-14)8-6-11-5-4-7-15-9-11/h4-5,7,9H,3,6,8,10H2,1-2H3,(H,16,18). The topological polar surface area (TPSA) is 62.3 Å². The largest absolute Gasteiger partial charge is 0.340 e. The van der Waals surface area contributed by atoms with Crippen molar-refractivity contribution in [3.05, 3.63) is 30.1 Å². The quantitative estimate of drug-likeness (QED) is 0.870. The van der Waals surface area contributed by atoms with Crippen molar-refractivity contribution in [1.82, 2.24) is 15.2 Å². The van der Waals surface area contributed by atoms with Crippen LogP contribution in [-0.4, -0.2) is 40.3 Å². The molecule has 1 N–H and O–H groups in total. The Morgan fingerprint density at radius 3 is 2.89 bits per heavy atom. The fourth-order valence-electron chi connectivity index (χ4n) is 2.23. The molecule has 5 nitrogen and oxygen atoms in total. The summed E-state index contributed by atoms with van der Waals surface area (Å²) in [5.74, 6) is -0.0892. The second-order valence-corrected chi connectivity index (χ2v) is 5.07. The fourth-order valence-corrected chi connectivity index (χ4v) is 2.23. The van der Waals surface area contributed by atoms with Crippen molar-refractivity contribution in [2.75, 3.05) is 13.1 Å². The van der Waals surface area contributed by atoms with Crippen LogP contribution in [0.25, 0.3) is 0 Å². The van der Waals surface area contributed by atoms with Gasteiger partial charge in [0.05, 0.1) is 6.54 Å². The van der Waals surface area contributed by atoms with Gasteiger partial charge in [-0.15, -0.1) is 0 Å². The Balaban J connectivity index is 2.03. The summed E-state index contributed by atoms with van der Waals surface area (Å²) in [4.78, 5) is 29.7. The number of hydrogen-bond donors (Lipinski definition) is 1. The maximum absolute atomic E-state index is 12.3. The molecule has 5 heteroatoms. The molecule has 102 valence electrons. The molecule has 0 aromatic carbocycles. The highest BCUT2D eigenvalue weighted by atomic mass is 16.2. The Bertz CT molecular complexity index is 475. The monoisotopic (exact) mass is 261 g/mol. The van der Waals surface area contributed by atoms with E-state index in [2.05, 4.69) is 10.3 Å². The number of hydrogen-bond acceptors (Lipinski definition) is 3. The number of nitrogens with zero attached hydrogens (tertiary/aromatic N) is 2. The van der Waals surface area contributed by atoms with E-state index in [-0.39, 0.29) is 18.4 Å². The van der Waals surface area contributed by atoms with Gasteiger partial charge in [0.15, 0.2) is 0 Å². The van der Waals surface area contributed by atoms with Crippen molar-refractivity contribution in [2.45, 2.75) is 32.2 Å². The lowest BCUT2D eigenvalue weighted by molar-refractivity contribution is -0.149. The predicted molar refractivity (Wildman–Crippen MR) is 71.4 cm³/mol. The van der Waals surface area contributed by atoms with Gasteiger partial charge in [-0.2, -0.15) is 0 Å². The third-order valence-electron chi connectivity index (χ3n) is 3.61. The van der Waals surface area contributed by atoms with Gasteiger partial charge in [0, 0.05) is 18.9 Å². The highest BCUT2D eigenvalue weighted by molar-refractivity contribution is 5.97. The Morgan fingerprint density at radius 1 is 1.47 bits per heavy atom. The lowest BCUT2D eigenvalue weighted by atomic mass is 9.94. The number of nitrogens with one attached hydrogen (secondary N) is 1. The summed E-state index contributed by atoms with van der Waals surface area (Å²) in [5.41, 5.74) is 0.309. The second kappa shape index (κ2) is 5.38. The van der Waals surface area contributed by atoms with Gasteiger partial charge >= 0.3 is 0 Å². The molecule has 19 heavy (non-hydrogen) atoms. The maximum atomic E-state index is 12.3. The molecule has 1 unspecified atom stereocenters. The van der Waals surface area contributed by atoms with Crippen molar-refractivity contribution in [3.63, 3.8) is 0 Å². The van der Waals surface area contributed by atoms with E-state index in [1.807, 2.05) is 19.1 Å². The Labute approximate surface area is 113 Å². The number of amides is 2. The normalized spacial score (nSPS) is 23.4. The molecular weight excluding hydrogens is 242 g/mol. The lowest BCUT2D eigenvalue weighted by Crippen LogP contribution is -2.65. The number of pyridine rings is 1. The number of rotatable bonds is 4. The summed E-state index contributed by atoms with van der Waals surface area (Å²) in [7, 11) is 0. The molecule has 1 aromatic rings. The van der Waals surface area contributed by atoms with E-state index < -0.39 is 5.54 Å². The number of carbonyl (C=O) groups is 2. The molecule has 2 rings (SSSR count). The average molecular weight is 261 g/mol. The molecule has 0 radical (unpaired) electrons. The van der Waals surface area contributed by atoms with E-state index in [9.17, 15) is 9.59 Å². The van der Waals surface area contributed by atoms with Crippen molar-refractivity contribution in [3.8, 4) is 0 Å². The summed E-state index contributed by atoms with van der Waals surface area (Å²) < 4.78 is 0. The van der Waals surface area contributed by atoms with Gasteiger partial charge in [0.2, 0.25) is 11.8 Å². The Morgan fingerprint density at radius 2 is 2.26 bits per heavy atom. The Hall–Kier alpha value is -1.91. The predicted octanol–water partition coefficient (Wildman–Crippen LogP) is 0.751. The molecule has 1 aromatic heterocycles. The van der Waals surface area contributed by atoms with Crippen LogP contribution < -0.4 is 5.32 Å². The molecular formula is C14H19N3O2. The molecule has 0 spiro atoms. The van der Waals surface area contributed by atoms with Crippen LogP contribution in [0.1, 0.15) is 25.8 Å². The van der Waals surface area contributed by atoms with Gasteiger partial charge in [0.1, 0.15) is 5.54 Å². The van der Waals surface area contributed by atoms with Crippen LogP contribution in [0.2, 0.25) is 0 Å². The Kier molecular flexibility index (Phi) is 3.83. The zero-order valence-electron chi connectivity index (χ0n) is 11.3. The van der Waals surface area contributed by atoms with Gasteiger partial charge in [0.25, 0.3) is 0 Å². The number of carbonyl (C=O) groups excluding carboxylic acids is 2. The van der Waals surface area contributed by atoms with Crippen LogP contribution in [0.4, 0.5) is 0 Å². The maximum Gasteiger partial charge on any atom is 0.248 e. The van der Waals surface area contributed by atoms with Gasteiger partial charge in [-0.25, -0.2) is 0 Å². The first-order chi connectivity index (χ1) is 9.05. The summed E-state index contributed by atoms with van der Waals surface area (Å²) in [6.45, 7) is 4.38. The summed E-state index contributed by atoms with van der Waals surface area (Å²) in [6.07, 6.45) is 4.82. The van der Waals surface area contributed by atoms with Gasteiger partial charge < -0.3 is 10.2 Å². The number of aromatic nitrogens is 1. The minimum atomic E-state index is -0.760. The van der Waals surface area contributed by atoms with Crippen molar-refractivity contribution in [2.24, 2.45) is 0 Å². The van der Waals surface area contributed by atoms with Crippen molar-refractivity contribution < 1.29 is 9.59 Å². The smallest absolute Gasteiger partial charge is 0.248 e. The molecule has 0 saturated carbocycles. The highest BCUT2D eigenvalue weighted by Gasteiger charge is 2.41. The molecule has 0 bridgehead atoms. The van der Waals surface area contributed by atoms with Gasteiger partial charge in [-0.05, 0) is 31.4 Å². The molecule has 2 amide bonds. The summed E-state index contributed by atoms with van der Waals surface area (Å²) >= 11 is 0. The third kappa shape index (κ3) is 2.92. The molecule has 1 atom stereocenters. The molecule has 1 fully saturated rings. The van der Waals surface area contributed by atoms with Gasteiger partial charge in [-0.3, -0.25) is 14.6 Å². The molecule has 1 aliphatic rings. The first kappa shape index (κ1) is 13.5. The van der Waals surface area contributed by atoms with Crippen LogP contribution in [0.15, 0.2) is 24.5 Å². The molecule has 1 aliphatic heterocycles. The van der Waals surface area contributed by atoms with E-state index >= 15 is 0 Å². The SMILES string of the molecule is CCC1(C)NC(=O)CN(CCc2cccnc2)C1=O. The van der Waals surface area contributed by atoms with Crippen LogP contribution in [0, 0.1) is 0 Å². The van der Waals surface area contributed by atoms with Crippen LogP contribution in [0.3, 0.4) is 0 Å². The minimum absolute atomic E-state index is 0.00140. The molecule has 0 aliphatic carbocycles. The van der Waals surface area contributed by atoms with E-state index in [0.717, 1.165) is 5.56 Å². The van der Waals surface area contributed by atoms with E-state index in [1.54, 1.807) is 24.2 Å². The first-order valence-corrected chi connectivity index (χ1v) is 6.54. The van der Waals surface area contributed by atoms with Gasteiger partial charge in [-0.1, -0.05) is 13.0 Å². The van der Waals surface area contributed by atoms with Crippen molar-refractivity contribution in [1.29, 1.82) is 0 Å². The number of piperazine rings is 1. The third-order valence-corrected chi connectivity index (χ3v) is 3.61. The zero-order chi connectivity index (χ0) is 13.9. The molecule has 1 saturated heterocycles. The zero-order valence-corrected chi connectivity index (χ0v) is 11.3. The van der Waals surface area contributed by atoms with Crippen LogP contribution in [-0.2, 0) is 16.0 Å². The van der Waals surface area contributed by atoms with E-state index in [0.29, 0.717) is 19.4 Å². The highest BCUT2D eigenvalue weighted by Crippen LogP contribution is 2.18. The van der Waals surface area contributed by atoms with E-state index in [4.69, 9.17) is 0 Å². The first-order valence-electron chi connectivity index (χ1n) is 6.54. The average Bonchev–Trinajstić information content (AvgIpc) is 2.42.